The van der Waals surface area contributed by atoms with Gasteiger partial charge in [0.25, 0.3) is 5.91 Å². The molecule has 0 bridgehead atoms. The number of nitrogens with two attached hydrogens (primary N) is 1. The standard InChI is InChI=1S/C14H20F3N3O/c1-13(2,3)7-8-19-12(21)9-5-4-6-10(11(9)20-18)14(15,16)17/h4-6,20H,7-8,18H2,1-3H3,(H,19,21). The fraction of sp³-hybridized carbons (Fsp3) is 0.500. The van der Waals surface area contributed by atoms with Crippen LogP contribution in [-0.4, -0.2) is 12.5 Å². The maximum Gasteiger partial charge on any atom is 0.418 e. The van der Waals surface area contributed by atoms with E-state index >= 15 is 0 Å². The molecule has 0 saturated heterocycles. The van der Waals surface area contributed by atoms with Gasteiger partial charge in [-0.1, -0.05) is 26.8 Å². The van der Waals surface area contributed by atoms with E-state index in [1.54, 1.807) is 0 Å². The Hall–Kier alpha value is -1.76. The Morgan fingerprint density at radius 1 is 1.24 bits per heavy atom. The molecule has 1 amide bonds. The number of carbonyl (C=O) groups excluding carboxylic acids is 1. The van der Waals surface area contributed by atoms with Gasteiger partial charge in [0, 0.05) is 6.54 Å². The van der Waals surface area contributed by atoms with Crippen molar-refractivity contribution in [3.05, 3.63) is 29.3 Å². The molecular formula is C14H20F3N3O. The Bertz CT molecular complexity index is 507. The summed E-state index contributed by atoms with van der Waals surface area (Å²) < 4.78 is 38.6. The zero-order chi connectivity index (χ0) is 16.3. The van der Waals surface area contributed by atoms with Crippen LogP contribution in [-0.2, 0) is 6.18 Å². The number of rotatable bonds is 4. The molecule has 0 atom stereocenters. The second-order valence-electron chi connectivity index (χ2n) is 5.94. The summed E-state index contributed by atoms with van der Waals surface area (Å²) in [4.78, 5) is 12.0. The van der Waals surface area contributed by atoms with Gasteiger partial charge in [0.15, 0.2) is 0 Å². The Balaban J connectivity index is 2.95. The SMILES string of the molecule is CC(C)(C)CCNC(=O)c1cccc(C(F)(F)F)c1NN. The lowest BCUT2D eigenvalue weighted by Gasteiger charge is -2.19. The molecule has 21 heavy (non-hydrogen) atoms. The average molecular weight is 303 g/mol. The van der Waals surface area contributed by atoms with Gasteiger partial charge in [-0.05, 0) is 24.0 Å². The van der Waals surface area contributed by atoms with E-state index < -0.39 is 23.3 Å². The largest absolute Gasteiger partial charge is 0.418 e. The molecule has 0 aromatic heterocycles. The molecule has 4 nitrogen and oxygen atoms in total. The number of nitrogens with one attached hydrogen (secondary N) is 2. The number of carbonyl (C=O) groups is 1. The second kappa shape index (κ2) is 6.34. The minimum atomic E-state index is -4.58. The van der Waals surface area contributed by atoms with Gasteiger partial charge in [0.05, 0.1) is 16.8 Å². The Kier molecular flexibility index (Phi) is 5.22. The summed E-state index contributed by atoms with van der Waals surface area (Å²) in [5.74, 6) is 4.57. The van der Waals surface area contributed by atoms with Crippen LogP contribution in [0.15, 0.2) is 18.2 Å². The summed E-state index contributed by atoms with van der Waals surface area (Å²) in [5.41, 5.74) is 0.495. The van der Waals surface area contributed by atoms with Gasteiger partial charge in [-0.2, -0.15) is 13.2 Å². The first-order valence-corrected chi connectivity index (χ1v) is 6.51. The predicted molar refractivity (Wildman–Crippen MR) is 75.7 cm³/mol. The molecule has 118 valence electrons. The smallest absolute Gasteiger partial charge is 0.352 e. The van der Waals surface area contributed by atoms with E-state index in [2.05, 4.69) is 5.32 Å². The summed E-state index contributed by atoms with van der Waals surface area (Å²) in [5, 5.41) is 2.61. The summed E-state index contributed by atoms with van der Waals surface area (Å²) in [7, 11) is 0. The van der Waals surface area contributed by atoms with Gasteiger partial charge in [-0.3, -0.25) is 10.6 Å². The van der Waals surface area contributed by atoms with Crippen LogP contribution in [0.2, 0.25) is 0 Å². The molecule has 4 N–H and O–H groups in total. The third kappa shape index (κ3) is 4.93. The van der Waals surface area contributed by atoms with Crippen LogP contribution >= 0.6 is 0 Å². The number of hydrogen-bond donors (Lipinski definition) is 3. The second-order valence-corrected chi connectivity index (χ2v) is 5.94. The van der Waals surface area contributed by atoms with Crippen LogP contribution in [0.3, 0.4) is 0 Å². The maximum absolute atomic E-state index is 12.9. The number of amides is 1. The zero-order valence-electron chi connectivity index (χ0n) is 12.3. The molecular weight excluding hydrogens is 283 g/mol. The number of halogens is 3. The lowest BCUT2D eigenvalue weighted by Crippen LogP contribution is -2.29. The molecule has 0 unspecified atom stereocenters. The average Bonchev–Trinajstić information content (AvgIpc) is 2.35. The minimum absolute atomic E-state index is 0.0239. The van der Waals surface area contributed by atoms with Crippen LogP contribution in [0.1, 0.15) is 43.1 Å². The van der Waals surface area contributed by atoms with Crippen LogP contribution in [0.4, 0.5) is 18.9 Å². The van der Waals surface area contributed by atoms with Gasteiger partial charge in [0.2, 0.25) is 0 Å². The van der Waals surface area contributed by atoms with Crippen molar-refractivity contribution in [2.24, 2.45) is 11.3 Å². The predicted octanol–water partition coefficient (Wildman–Crippen LogP) is 3.16. The first-order valence-electron chi connectivity index (χ1n) is 6.51. The van der Waals surface area contributed by atoms with Crippen molar-refractivity contribution < 1.29 is 18.0 Å². The number of nitrogen functional groups attached to an aromatic ring is 1. The number of hydrogen-bond acceptors (Lipinski definition) is 3. The number of anilines is 1. The van der Waals surface area contributed by atoms with Crippen molar-refractivity contribution in [1.82, 2.24) is 5.32 Å². The molecule has 0 fully saturated rings. The third-order valence-electron chi connectivity index (χ3n) is 2.92. The van der Waals surface area contributed by atoms with Crippen molar-refractivity contribution >= 4 is 11.6 Å². The van der Waals surface area contributed by atoms with Gasteiger partial charge in [-0.25, -0.2) is 0 Å². The minimum Gasteiger partial charge on any atom is -0.352 e. The highest BCUT2D eigenvalue weighted by molar-refractivity contribution is 6.00. The number of benzene rings is 1. The van der Waals surface area contributed by atoms with Gasteiger partial charge < -0.3 is 10.7 Å². The number of para-hydroxylation sites is 1. The van der Waals surface area contributed by atoms with Crippen LogP contribution in [0.25, 0.3) is 0 Å². The van der Waals surface area contributed by atoms with E-state index in [1.807, 2.05) is 26.2 Å². The normalized spacial score (nSPS) is 12.1. The van der Waals surface area contributed by atoms with Crippen molar-refractivity contribution in [2.45, 2.75) is 33.4 Å². The summed E-state index contributed by atoms with van der Waals surface area (Å²) in [6.45, 7) is 6.41. The molecule has 0 aliphatic rings. The molecule has 1 rings (SSSR count). The van der Waals surface area contributed by atoms with E-state index in [4.69, 9.17) is 5.84 Å². The van der Waals surface area contributed by atoms with Crippen molar-refractivity contribution in [3.8, 4) is 0 Å². The summed E-state index contributed by atoms with van der Waals surface area (Å²) >= 11 is 0. The zero-order valence-corrected chi connectivity index (χ0v) is 12.3. The van der Waals surface area contributed by atoms with Crippen LogP contribution < -0.4 is 16.6 Å². The van der Waals surface area contributed by atoms with Crippen LogP contribution in [0.5, 0.6) is 0 Å². The molecule has 1 aromatic carbocycles. The first-order chi connectivity index (χ1) is 9.56. The van der Waals surface area contributed by atoms with Gasteiger partial charge >= 0.3 is 6.18 Å². The number of alkyl halides is 3. The fourth-order valence-corrected chi connectivity index (χ4v) is 1.78. The summed E-state index contributed by atoms with van der Waals surface area (Å²) in [6.07, 6.45) is -3.87. The fourth-order valence-electron chi connectivity index (χ4n) is 1.78. The maximum atomic E-state index is 12.9. The van der Waals surface area contributed by atoms with E-state index in [9.17, 15) is 18.0 Å². The van der Waals surface area contributed by atoms with E-state index in [0.29, 0.717) is 13.0 Å². The van der Waals surface area contributed by atoms with E-state index in [0.717, 1.165) is 6.07 Å². The Morgan fingerprint density at radius 3 is 2.33 bits per heavy atom. The Labute approximate surface area is 121 Å². The van der Waals surface area contributed by atoms with Gasteiger partial charge in [0.1, 0.15) is 0 Å². The van der Waals surface area contributed by atoms with Crippen molar-refractivity contribution in [1.29, 1.82) is 0 Å². The highest BCUT2D eigenvalue weighted by Crippen LogP contribution is 2.36. The summed E-state index contributed by atoms with van der Waals surface area (Å²) in [6, 6.07) is 3.36. The molecule has 1 aromatic rings. The first kappa shape index (κ1) is 17.3. The molecule has 0 saturated carbocycles. The number of hydrazine groups is 1. The molecule has 0 aliphatic carbocycles. The highest BCUT2D eigenvalue weighted by Gasteiger charge is 2.35. The van der Waals surface area contributed by atoms with Crippen molar-refractivity contribution in [3.63, 3.8) is 0 Å². The molecule has 0 aliphatic heterocycles. The van der Waals surface area contributed by atoms with E-state index in [1.165, 1.54) is 12.1 Å². The molecule has 0 heterocycles. The molecule has 0 radical (unpaired) electrons. The molecule has 7 heteroatoms. The van der Waals surface area contributed by atoms with Gasteiger partial charge in [-0.15, -0.1) is 0 Å². The lowest BCUT2D eigenvalue weighted by atomic mass is 9.92. The quantitative estimate of drug-likeness (QED) is 0.591. The monoisotopic (exact) mass is 303 g/mol. The Morgan fingerprint density at radius 2 is 1.86 bits per heavy atom. The van der Waals surface area contributed by atoms with E-state index in [-0.39, 0.29) is 11.0 Å². The van der Waals surface area contributed by atoms with Crippen LogP contribution in [0, 0.1) is 5.41 Å². The topological polar surface area (TPSA) is 67.2 Å². The lowest BCUT2D eigenvalue weighted by molar-refractivity contribution is -0.137. The highest BCUT2D eigenvalue weighted by atomic mass is 19.4. The molecule has 0 spiro atoms. The van der Waals surface area contributed by atoms with Crippen molar-refractivity contribution in [2.75, 3.05) is 12.0 Å². The third-order valence-corrected chi connectivity index (χ3v) is 2.92.